The van der Waals surface area contributed by atoms with Crippen LogP contribution in [0.2, 0.25) is 0 Å². The minimum absolute atomic E-state index is 0.0122. The first-order valence-electron chi connectivity index (χ1n) is 3.76. The molecule has 0 saturated carbocycles. The molecule has 3 N–H and O–H groups in total. The van der Waals surface area contributed by atoms with Crippen LogP contribution < -0.4 is 10.5 Å². The molecule has 0 amide bonds. The van der Waals surface area contributed by atoms with E-state index in [0.717, 1.165) is 0 Å². The third kappa shape index (κ3) is 2.08. The average molecular weight is 182 g/mol. The van der Waals surface area contributed by atoms with Gasteiger partial charge in [0.25, 0.3) is 0 Å². The maximum atomic E-state index is 10.7. The summed E-state index contributed by atoms with van der Waals surface area (Å²) in [5.41, 5.74) is 5.67. The van der Waals surface area contributed by atoms with Gasteiger partial charge >= 0.3 is 5.97 Å². The molecular weight excluding hydrogens is 172 g/mol. The summed E-state index contributed by atoms with van der Waals surface area (Å²) < 4.78 is 5.01. The number of hydrogen-bond acceptors (Lipinski definition) is 4. The van der Waals surface area contributed by atoms with Gasteiger partial charge < -0.3 is 15.6 Å². The number of carbonyl (C=O) groups is 1. The molecule has 0 aliphatic carbocycles. The van der Waals surface area contributed by atoms with Crippen LogP contribution in [-0.4, -0.2) is 22.7 Å². The summed E-state index contributed by atoms with van der Waals surface area (Å²) in [4.78, 5) is 14.4. The van der Waals surface area contributed by atoms with Gasteiger partial charge in [-0.1, -0.05) is 0 Å². The van der Waals surface area contributed by atoms with Crippen molar-refractivity contribution < 1.29 is 14.6 Å². The van der Waals surface area contributed by atoms with E-state index in [1.165, 1.54) is 12.3 Å². The molecule has 1 rings (SSSR count). The van der Waals surface area contributed by atoms with Crippen molar-refractivity contribution in [1.29, 1.82) is 0 Å². The van der Waals surface area contributed by atoms with Gasteiger partial charge in [0.2, 0.25) is 5.88 Å². The maximum absolute atomic E-state index is 10.7. The fourth-order valence-corrected chi connectivity index (χ4v) is 0.873. The lowest BCUT2D eigenvalue weighted by atomic mass is 10.2. The van der Waals surface area contributed by atoms with Crippen LogP contribution in [0.4, 0.5) is 5.69 Å². The van der Waals surface area contributed by atoms with Crippen LogP contribution in [0.3, 0.4) is 0 Å². The molecule has 0 unspecified atom stereocenters. The van der Waals surface area contributed by atoms with E-state index in [1.807, 2.05) is 0 Å². The molecule has 1 heterocycles. The average Bonchev–Trinajstić information content (AvgIpc) is 2.08. The molecule has 0 spiro atoms. The number of anilines is 1. The second-order valence-electron chi connectivity index (χ2n) is 2.36. The van der Waals surface area contributed by atoms with E-state index in [9.17, 15) is 4.79 Å². The van der Waals surface area contributed by atoms with Gasteiger partial charge in [0.1, 0.15) is 5.56 Å². The van der Waals surface area contributed by atoms with Crippen LogP contribution in [0, 0.1) is 0 Å². The van der Waals surface area contributed by atoms with E-state index in [2.05, 4.69) is 4.98 Å². The van der Waals surface area contributed by atoms with Gasteiger partial charge in [-0.25, -0.2) is 9.78 Å². The molecule has 0 fully saturated rings. The molecule has 70 valence electrons. The third-order valence-corrected chi connectivity index (χ3v) is 1.38. The number of rotatable bonds is 3. The molecule has 5 heteroatoms. The van der Waals surface area contributed by atoms with Gasteiger partial charge in [0.05, 0.1) is 18.5 Å². The van der Waals surface area contributed by atoms with Crippen molar-refractivity contribution in [2.45, 2.75) is 6.92 Å². The summed E-state index contributed by atoms with van der Waals surface area (Å²) in [5.74, 6) is -0.993. The fourth-order valence-electron chi connectivity index (χ4n) is 0.873. The van der Waals surface area contributed by atoms with Crippen molar-refractivity contribution in [3.8, 4) is 5.88 Å². The molecular formula is C8H10N2O3. The highest BCUT2D eigenvalue weighted by Crippen LogP contribution is 2.17. The zero-order valence-corrected chi connectivity index (χ0v) is 7.15. The highest BCUT2D eigenvalue weighted by atomic mass is 16.5. The van der Waals surface area contributed by atoms with Crippen LogP contribution in [0.25, 0.3) is 0 Å². The Hall–Kier alpha value is -1.78. The SMILES string of the molecule is CCOc1ncc(N)cc1C(=O)O. The van der Waals surface area contributed by atoms with Crippen LogP contribution >= 0.6 is 0 Å². The van der Waals surface area contributed by atoms with Gasteiger partial charge in [-0.2, -0.15) is 0 Å². The summed E-state index contributed by atoms with van der Waals surface area (Å²) in [6.45, 7) is 2.13. The number of aromatic carboxylic acids is 1. The lowest BCUT2D eigenvalue weighted by molar-refractivity contribution is 0.0691. The first-order valence-corrected chi connectivity index (χ1v) is 3.76. The minimum Gasteiger partial charge on any atom is -0.477 e. The fraction of sp³-hybridized carbons (Fsp3) is 0.250. The smallest absolute Gasteiger partial charge is 0.341 e. The number of nitrogen functional groups attached to an aromatic ring is 1. The standard InChI is InChI=1S/C8H10N2O3/c1-2-13-7-6(8(11)12)3-5(9)4-10-7/h3-4H,2,9H2,1H3,(H,11,12). The molecule has 0 atom stereocenters. The number of aromatic nitrogens is 1. The summed E-state index contributed by atoms with van der Waals surface area (Å²) >= 11 is 0. The Morgan fingerprint density at radius 3 is 3.00 bits per heavy atom. The second kappa shape index (κ2) is 3.75. The lowest BCUT2D eigenvalue weighted by Crippen LogP contribution is -2.05. The van der Waals surface area contributed by atoms with Crippen LogP contribution in [0.5, 0.6) is 5.88 Å². The van der Waals surface area contributed by atoms with Gasteiger partial charge in [-0.15, -0.1) is 0 Å². The third-order valence-electron chi connectivity index (χ3n) is 1.38. The number of nitrogens with zero attached hydrogens (tertiary/aromatic N) is 1. The Bertz CT molecular complexity index is 325. The Balaban J connectivity index is 3.10. The lowest BCUT2D eigenvalue weighted by Gasteiger charge is -2.05. The van der Waals surface area contributed by atoms with Gasteiger partial charge in [-0.05, 0) is 13.0 Å². The predicted molar refractivity (Wildman–Crippen MR) is 46.8 cm³/mol. The minimum atomic E-state index is -1.09. The molecule has 0 radical (unpaired) electrons. The van der Waals surface area contributed by atoms with E-state index in [0.29, 0.717) is 12.3 Å². The van der Waals surface area contributed by atoms with Crippen molar-refractivity contribution in [3.63, 3.8) is 0 Å². The number of pyridine rings is 1. The Morgan fingerprint density at radius 1 is 1.77 bits per heavy atom. The van der Waals surface area contributed by atoms with Crippen molar-refractivity contribution in [3.05, 3.63) is 17.8 Å². The molecule has 0 bridgehead atoms. The Labute approximate surface area is 75.2 Å². The Morgan fingerprint density at radius 2 is 2.46 bits per heavy atom. The zero-order valence-electron chi connectivity index (χ0n) is 7.15. The zero-order chi connectivity index (χ0) is 9.84. The normalized spacial score (nSPS) is 9.62. The van der Waals surface area contributed by atoms with Crippen molar-refractivity contribution >= 4 is 11.7 Å². The van der Waals surface area contributed by atoms with Gasteiger partial charge in [0.15, 0.2) is 0 Å². The highest BCUT2D eigenvalue weighted by Gasteiger charge is 2.12. The van der Waals surface area contributed by atoms with Crippen LogP contribution in [0.15, 0.2) is 12.3 Å². The quantitative estimate of drug-likeness (QED) is 0.720. The van der Waals surface area contributed by atoms with E-state index in [1.54, 1.807) is 6.92 Å². The van der Waals surface area contributed by atoms with E-state index in [4.69, 9.17) is 15.6 Å². The van der Waals surface area contributed by atoms with E-state index in [-0.39, 0.29) is 11.4 Å². The van der Waals surface area contributed by atoms with E-state index < -0.39 is 5.97 Å². The summed E-state index contributed by atoms with van der Waals surface area (Å²) in [5, 5.41) is 8.74. The number of carboxylic acids is 1. The Kier molecular flexibility index (Phi) is 2.69. The molecule has 0 saturated heterocycles. The molecule has 0 aromatic carbocycles. The predicted octanol–water partition coefficient (Wildman–Crippen LogP) is 0.761. The van der Waals surface area contributed by atoms with Gasteiger partial charge in [-0.3, -0.25) is 0 Å². The maximum Gasteiger partial charge on any atom is 0.341 e. The summed E-state index contributed by atoms with van der Waals surface area (Å²) in [6.07, 6.45) is 1.36. The van der Waals surface area contributed by atoms with Gasteiger partial charge in [0, 0.05) is 0 Å². The first-order chi connectivity index (χ1) is 6.15. The number of ether oxygens (including phenoxy) is 1. The molecule has 13 heavy (non-hydrogen) atoms. The highest BCUT2D eigenvalue weighted by molar-refractivity contribution is 5.91. The second-order valence-corrected chi connectivity index (χ2v) is 2.36. The molecule has 5 nitrogen and oxygen atoms in total. The summed E-state index contributed by atoms with van der Waals surface area (Å²) in [6, 6.07) is 1.32. The van der Waals surface area contributed by atoms with Crippen molar-refractivity contribution in [2.24, 2.45) is 0 Å². The molecule has 0 aliphatic heterocycles. The topological polar surface area (TPSA) is 85.4 Å². The molecule has 0 aliphatic rings. The summed E-state index contributed by atoms with van der Waals surface area (Å²) in [7, 11) is 0. The number of carboxylic acid groups (broad SMARTS) is 1. The molecule has 1 aromatic heterocycles. The van der Waals surface area contributed by atoms with Crippen LogP contribution in [0.1, 0.15) is 17.3 Å². The molecule has 1 aromatic rings. The monoisotopic (exact) mass is 182 g/mol. The first kappa shape index (κ1) is 9.31. The van der Waals surface area contributed by atoms with Crippen LogP contribution in [-0.2, 0) is 0 Å². The van der Waals surface area contributed by atoms with Crippen molar-refractivity contribution in [2.75, 3.05) is 12.3 Å². The van der Waals surface area contributed by atoms with E-state index >= 15 is 0 Å². The number of hydrogen-bond donors (Lipinski definition) is 2. The number of nitrogens with two attached hydrogens (primary N) is 1. The largest absolute Gasteiger partial charge is 0.477 e. The van der Waals surface area contributed by atoms with Crippen molar-refractivity contribution in [1.82, 2.24) is 4.98 Å².